The minimum Gasteiger partial charge on any atom is -0.870 e. The van der Waals surface area contributed by atoms with Crippen molar-refractivity contribution < 1.29 is 46.7 Å². The number of sulfonamides is 1. The van der Waals surface area contributed by atoms with Crippen LogP contribution in [-0.2, 0) is 26.0 Å². The summed E-state index contributed by atoms with van der Waals surface area (Å²) >= 11 is 14.0. The number of hydrogen-bond acceptors (Lipinski definition) is 8. The highest BCUT2D eigenvalue weighted by atomic mass is 35.5. The number of alkyl halides is 2. The fourth-order valence-electron chi connectivity index (χ4n) is 4.41. The highest BCUT2D eigenvalue weighted by molar-refractivity contribution is 8.02. The van der Waals surface area contributed by atoms with E-state index in [0.29, 0.717) is 39.4 Å². The maximum absolute atomic E-state index is 13.5. The predicted molar refractivity (Wildman–Crippen MR) is 148 cm³/mol. The molecule has 3 aliphatic rings. The van der Waals surface area contributed by atoms with Gasteiger partial charge in [0, 0.05) is 24.3 Å². The molecule has 2 atom stereocenters. The number of carbonyl (C=O) groups excluding carboxylic acids is 1. The number of H-pyrrole nitrogens is 1. The fourth-order valence-corrected chi connectivity index (χ4v) is 8.49. The fraction of sp³-hybridized carbons (Fsp3) is 0.538. The molecule has 41 heavy (non-hydrogen) atoms. The Hall–Kier alpha value is -1.90. The molecule has 15 heteroatoms. The van der Waals surface area contributed by atoms with Gasteiger partial charge in [0.1, 0.15) is 16.1 Å². The minimum atomic E-state index is -3.64. The van der Waals surface area contributed by atoms with Gasteiger partial charge in [-0.3, -0.25) is 0 Å². The third-order valence-electron chi connectivity index (χ3n) is 6.92. The van der Waals surface area contributed by atoms with Gasteiger partial charge in [-0.25, -0.2) is 18.2 Å². The molecular formula is C26H30Cl2F2N2O7S2. The molecule has 1 unspecified atom stereocenters. The number of nitrogens with zero attached hydrogens (tertiary/aromatic N) is 1. The maximum Gasteiger partial charge on any atom is 0.387 e. The number of aromatic nitrogens is 1. The first kappa shape index (κ1) is 32.0. The van der Waals surface area contributed by atoms with Crippen LogP contribution >= 0.6 is 35.0 Å². The van der Waals surface area contributed by atoms with E-state index in [1.807, 2.05) is 0 Å². The molecule has 0 bridgehead atoms. The highest BCUT2D eigenvalue weighted by Gasteiger charge is 2.43. The summed E-state index contributed by atoms with van der Waals surface area (Å²) in [6.07, 6.45) is 5.84. The van der Waals surface area contributed by atoms with Crippen LogP contribution in [0.15, 0.2) is 30.6 Å². The molecular weight excluding hydrogens is 625 g/mol. The van der Waals surface area contributed by atoms with Crippen LogP contribution in [0.2, 0.25) is 10.0 Å². The zero-order valence-corrected chi connectivity index (χ0v) is 25.0. The van der Waals surface area contributed by atoms with Crippen LogP contribution in [0.4, 0.5) is 8.78 Å². The number of ether oxygens (including phenoxy) is 3. The van der Waals surface area contributed by atoms with Crippen molar-refractivity contribution >= 4 is 51.0 Å². The summed E-state index contributed by atoms with van der Waals surface area (Å²) in [6.45, 7) is -2.50. The van der Waals surface area contributed by atoms with Crippen LogP contribution in [0.1, 0.15) is 42.9 Å². The quantitative estimate of drug-likeness (QED) is 0.277. The first-order chi connectivity index (χ1) is 19.1. The largest absolute Gasteiger partial charge is 0.870 e. The molecule has 0 spiro atoms. The van der Waals surface area contributed by atoms with Crippen molar-refractivity contribution in [3.05, 3.63) is 51.8 Å². The summed E-state index contributed by atoms with van der Waals surface area (Å²) in [5.74, 6) is 0.167. The van der Waals surface area contributed by atoms with E-state index in [1.165, 1.54) is 46.7 Å². The Morgan fingerprint density at radius 1 is 1.10 bits per heavy atom. The second-order valence-electron chi connectivity index (χ2n) is 10.2. The Labute approximate surface area is 251 Å². The van der Waals surface area contributed by atoms with Gasteiger partial charge in [0.05, 0.1) is 12.4 Å². The lowest BCUT2D eigenvalue weighted by Crippen LogP contribution is -2.42. The van der Waals surface area contributed by atoms with Gasteiger partial charge < -0.3 is 19.7 Å². The third kappa shape index (κ3) is 8.35. The summed E-state index contributed by atoms with van der Waals surface area (Å²) < 4.78 is 69.8. The van der Waals surface area contributed by atoms with Crippen molar-refractivity contribution in [3.63, 3.8) is 0 Å². The van der Waals surface area contributed by atoms with Gasteiger partial charge in [0.2, 0.25) is 10.0 Å². The third-order valence-corrected chi connectivity index (χ3v) is 10.9. The Bertz CT molecular complexity index is 1330. The van der Waals surface area contributed by atoms with Gasteiger partial charge in [-0.1, -0.05) is 29.3 Å². The minimum absolute atomic E-state index is 0. The number of pyridine rings is 1. The van der Waals surface area contributed by atoms with Gasteiger partial charge in [-0.05, 0) is 55.2 Å². The summed E-state index contributed by atoms with van der Waals surface area (Å²) in [5.41, 5.74) is 0.918. The van der Waals surface area contributed by atoms with Crippen LogP contribution < -0.4 is 14.5 Å². The zero-order chi connectivity index (χ0) is 28.4. The normalized spacial score (nSPS) is 20.0. The molecule has 1 aromatic carbocycles. The number of nitrogens with one attached hydrogen (secondary N) is 1. The molecule has 2 aromatic rings. The number of carbonyl (C=O) groups is 1. The SMILES string of the molecule is O=C(O[C@@H](Cc1c(Cl)c[nH+]cc1Cl)c1ccc(OC(F)F)c(OCC2CC2)c1)C1SCCN1S(=O)(=O)CC1CC1.[OH-]. The van der Waals surface area contributed by atoms with Crippen LogP contribution in [0.3, 0.4) is 0 Å². The summed E-state index contributed by atoms with van der Waals surface area (Å²) in [6, 6.07) is 4.33. The average molecular weight is 656 g/mol. The average Bonchev–Trinajstić information content (AvgIpc) is 3.83. The van der Waals surface area contributed by atoms with E-state index < -0.39 is 34.1 Å². The molecule has 2 saturated carbocycles. The molecule has 2 aliphatic carbocycles. The Kier molecular flexibility index (Phi) is 10.6. The Morgan fingerprint density at radius 2 is 1.78 bits per heavy atom. The van der Waals surface area contributed by atoms with Crippen molar-refractivity contribution in [2.24, 2.45) is 11.8 Å². The monoisotopic (exact) mass is 654 g/mol. The highest BCUT2D eigenvalue weighted by Crippen LogP contribution is 2.39. The second kappa shape index (κ2) is 13.6. The maximum atomic E-state index is 13.5. The van der Waals surface area contributed by atoms with Gasteiger partial charge in [-0.15, -0.1) is 11.8 Å². The van der Waals surface area contributed by atoms with Crippen molar-refractivity contribution in [1.82, 2.24) is 4.31 Å². The van der Waals surface area contributed by atoms with Crippen molar-refractivity contribution in [1.29, 1.82) is 0 Å². The van der Waals surface area contributed by atoms with Gasteiger partial charge >= 0.3 is 12.6 Å². The van der Waals surface area contributed by atoms with Crippen LogP contribution in [0, 0.1) is 11.8 Å². The molecule has 1 aliphatic heterocycles. The van der Waals surface area contributed by atoms with E-state index in [-0.39, 0.29) is 41.6 Å². The summed E-state index contributed by atoms with van der Waals surface area (Å²) in [5, 5.41) is -0.422. The number of benzene rings is 1. The molecule has 2 N–H and O–H groups in total. The van der Waals surface area contributed by atoms with E-state index in [0.717, 1.165) is 25.7 Å². The molecule has 1 saturated heterocycles. The molecule has 9 nitrogen and oxygen atoms in total. The first-order valence-corrected chi connectivity index (χ1v) is 16.4. The molecule has 226 valence electrons. The molecule has 0 radical (unpaired) electrons. The van der Waals surface area contributed by atoms with E-state index in [9.17, 15) is 22.0 Å². The molecule has 1 aromatic heterocycles. The van der Waals surface area contributed by atoms with Crippen molar-refractivity contribution in [2.75, 3.05) is 24.7 Å². The van der Waals surface area contributed by atoms with E-state index in [4.69, 9.17) is 32.7 Å². The van der Waals surface area contributed by atoms with Gasteiger partial charge in [0.25, 0.3) is 0 Å². The van der Waals surface area contributed by atoms with Gasteiger partial charge in [0.15, 0.2) is 29.3 Å². The summed E-state index contributed by atoms with van der Waals surface area (Å²) in [7, 11) is -3.64. The van der Waals surface area contributed by atoms with Crippen LogP contribution in [0.5, 0.6) is 11.5 Å². The number of hydrogen-bond donors (Lipinski definition) is 0. The Morgan fingerprint density at radius 3 is 2.41 bits per heavy atom. The van der Waals surface area contributed by atoms with Crippen molar-refractivity contribution in [3.8, 4) is 11.5 Å². The van der Waals surface area contributed by atoms with E-state index in [1.54, 1.807) is 0 Å². The molecule has 0 amide bonds. The number of aromatic amines is 1. The first-order valence-electron chi connectivity index (χ1n) is 13.0. The predicted octanol–water partition coefficient (Wildman–Crippen LogP) is 4.96. The zero-order valence-electron chi connectivity index (χ0n) is 21.8. The molecule has 5 rings (SSSR count). The lowest BCUT2D eigenvalue weighted by Gasteiger charge is -2.26. The van der Waals surface area contributed by atoms with Crippen LogP contribution in [0.25, 0.3) is 0 Å². The number of halogens is 4. The van der Waals surface area contributed by atoms with Crippen LogP contribution in [-0.4, -0.2) is 60.8 Å². The Balaban J connectivity index is 0.00000387. The number of thioether (sulfide) groups is 1. The smallest absolute Gasteiger partial charge is 0.387 e. The topological polar surface area (TPSA) is 126 Å². The second-order valence-corrected chi connectivity index (χ2v) is 14.1. The summed E-state index contributed by atoms with van der Waals surface area (Å²) in [4.78, 5) is 16.3. The molecule has 2 heterocycles. The lowest BCUT2D eigenvalue weighted by molar-refractivity contribution is -0.377. The van der Waals surface area contributed by atoms with Crippen molar-refractivity contribution in [2.45, 2.75) is 50.2 Å². The van der Waals surface area contributed by atoms with E-state index in [2.05, 4.69) is 9.72 Å². The molecule has 3 fully saturated rings. The standard InChI is InChI=1S/C26H28Cl2F2N2O6S2.H2O/c27-19-11-31-12-20(28)18(19)10-22(17-5-6-21(38-26(29)30)23(9-17)36-13-15-1-2-15)37-25(33)24-32(7-8-39-24)40(34,35)14-16-3-4-16;/h5-6,9,11-12,15-16,22,24,26H,1-4,7-8,10,13-14H2;1H2/t22-,24?;/m0./s1. The number of rotatable bonds is 13. The van der Waals surface area contributed by atoms with Gasteiger partial charge in [-0.2, -0.15) is 13.1 Å². The van der Waals surface area contributed by atoms with E-state index >= 15 is 0 Å². The lowest BCUT2D eigenvalue weighted by atomic mass is 10.0. The number of esters is 1.